The number of benzene rings is 1. The Morgan fingerprint density at radius 1 is 1.32 bits per heavy atom. The van der Waals surface area contributed by atoms with Crippen LogP contribution in [0.3, 0.4) is 0 Å². The monoisotopic (exact) mass is 301 g/mol. The van der Waals surface area contributed by atoms with Crippen molar-refractivity contribution in [1.29, 1.82) is 0 Å². The third kappa shape index (κ3) is 3.87. The van der Waals surface area contributed by atoms with E-state index >= 15 is 0 Å². The van der Waals surface area contributed by atoms with Gasteiger partial charge in [0.25, 0.3) is 5.91 Å². The average molecular weight is 301 g/mol. The summed E-state index contributed by atoms with van der Waals surface area (Å²) in [4.78, 5) is 20.7. The van der Waals surface area contributed by atoms with Gasteiger partial charge in [-0.05, 0) is 30.9 Å². The predicted molar refractivity (Wildman–Crippen MR) is 83.3 cm³/mol. The summed E-state index contributed by atoms with van der Waals surface area (Å²) in [6, 6.07) is 6.57. The Balaban J connectivity index is 2.03. The van der Waals surface area contributed by atoms with Crippen LogP contribution in [0.25, 0.3) is 0 Å². The van der Waals surface area contributed by atoms with Crippen LogP contribution < -0.4 is 5.32 Å². The van der Waals surface area contributed by atoms with Gasteiger partial charge in [-0.15, -0.1) is 0 Å². The van der Waals surface area contributed by atoms with Gasteiger partial charge in [0.15, 0.2) is 0 Å². The normalized spacial score (nSPS) is 10.8. The van der Waals surface area contributed by atoms with E-state index in [1.807, 2.05) is 13.8 Å². The van der Waals surface area contributed by atoms with Gasteiger partial charge in [0.05, 0.1) is 11.3 Å². The number of nitrogens with zero attached hydrogens (tertiary/aromatic N) is 2. The van der Waals surface area contributed by atoms with Gasteiger partial charge in [-0.3, -0.25) is 4.79 Å². The Hall–Kier alpha value is -2.30. The maximum Gasteiger partial charge on any atom is 0.254 e. The number of carbonyl (C=O) groups excluding carboxylic acids is 1. The summed E-state index contributed by atoms with van der Waals surface area (Å²) in [5.41, 5.74) is 1.80. The van der Waals surface area contributed by atoms with Crippen molar-refractivity contribution in [2.45, 2.75) is 33.1 Å². The van der Waals surface area contributed by atoms with Crippen LogP contribution in [0.5, 0.6) is 0 Å². The van der Waals surface area contributed by atoms with Crippen LogP contribution in [0.4, 0.5) is 4.39 Å². The molecule has 5 heteroatoms. The zero-order valence-electron chi connectivity index (χ0n) is 13.1. The van der Waals surface area contributed by atoms with Gasteiger partial charge in [0.2, 0.25) is 0 Å². The smallest absolute Gasteiger partial charge is 0.254 e. The highest BCUT2D eigenvalue weighted by Crippen LogP contribution is 2.16. The Bertz CT molecular complexity index is 671. The van der Waals surface area contributed by atoms with Crippen molar-refractivity contribution in [2.24, 2.45) is 0 Å². The zero-order valence-corrected chi connectivity index (χ0v) is 13.1. The molecule has 1 aromatic heterocycles. The summed E-state index contributed by atoms with van der Waals surface area (Å²) in [6.45, 7) is 6.13. The summed E-state index contributed by atoms with van der Waals surface area (Å²) < 4.78 is 13.5. The fraction of sp³-hybridized carbons (Fsp3) is 0.353. The predicted octanol–water partition coefficient (Wildman–Crippen LogP) is 3.02. The zero-order chi connectivity index (χ0) is 16.1. The molecule has 116 valence electrons. The lowest BCUT2D eigenvalue weighted by Gasteiger charge is -2.12. The number of halogens is 1. The lowest BCUT2D eigenvalue weighted by molar-refractivity contribution is 0.0951. The highest BCUT2D eigenvalue weighted by Gasteiger charge is 2.16. The number of hydrogen-bond acceptors (Lipinski definition) is 3. The van der Waals surface area contributed by atoms with E-state index in [9.17, 15) is 9.18 Å². The fourth-order valence-electron chi connectivity index (χ4n) is 2.21. The second kappa shape index (κ2) is 7.11. The third-order valence-electron chi connectivity index (χ3n) is 3.37. The lowest BCUT2D eigenvalue weighted by atomic mass is 10.0. The lowest BCUT2D eigenvalue weighted by Crippen LogP contribution is -2.27. The summed E-state index contributed by atoms with van der Waals surface area (Å²) >= 11 is 0. The molecule has 0 radical (unpaired) electrons. The van der Waals surface area contributed by atoms with E-state index in [1.165, 1.54) is 6.07 Å². The van der Waals surface area contributed by atoms with Crippen molar-refractivity contribution in [2.75, 3.05) is 6.54 Å². The van der Waals surface area contributed by atoms with E-state index in [1.54, 1.807) is 31.3 Å². The van der Waals surface area contributed by atoms with E-state index in [0.717, 1.165) is 5.69 Å². The number of hydrogen-bond donors (Lipinski definition) is 1. The first-order valence-corrected chi connectivity index (χ1v) is 7.34. The van der Waals surface area contributed by atoms with Crippen molar-refractivity contribution >= 4 is 5.91 Å². The van der Waals surface area contributed by atoms with Crippen LogP contribution in [0.15, 0.2) is 30.5 Å². The van der Waals surface area contributed by atoms with Crippen LogP contribution >= 0.6 is 0 Å². The molecular weight excluding hydrogens is 281 g/mol. The van der Waals surface area contributed by atoms with Crippen molar-refractivity contribution in [1.82, 2.24) is 15.3 Å². The third-order valence-corrected chi connectivity index (χ3v) is 3.37. The minimum atomic E-state index is -0.252. The maximum atomic E-state index is 13.5. The van der Waals surface area contributed by atoms with Gasteiger partial charge < -0.3 is 5.32 Å². The van der Waals surface area contributed by atoms with Crippen molar-refractivity contribution < 1.29 is 9.18 Å². The summed E-state index contributed by atoms with van der Waals surface area (Å²) in [6.07, 6.45) is 2.00. The Kier molecular flexibility index (Phi) is 5.20. The molecule has 0 atom stereocenters. The average Bonchev–Trinajstić information content (AvgIpc) is 2.49. The molecule has 0 aliphatic rings. The number of carbonyl (C=O) groups is 1. The molecule has 0 aliphatic heterocycles. The van der Waals surface area contributed by atoms with E-state index < -0.39 is 0 Å². The van der Waals surface area contributed by atoms with E-state index in [2.05, 4.69) is 15.3 Å². The molecule has 0 spiro atoms. The van der Waals surface area contributed by atoms with Gasteiger partial charge >= 0.3 is 0 Å². The van der Waals surface area contributed by atoms with Crippen molar-refractivity contribution in [3.63, 3.8) is 0 Å². The second-order valence-electron chi connectivity index (χ2n) is 5.47. The quantitative estimate of drug-likeness (QED) is 0.923. The first-order chi connectivity index (χ1) is 10.5. The fourth-order valence-corrected chi connectivity index (χ4v) is 2.21. The van der Waals surface area contributed by atoms with Crippen LogP contribution in [0, 0.1) is 12.7 Å². The van der Waals surface area contributed by atoms with Crippen molar-refractivity contribution in [3.8, 4) is 0 Å². The first kappa shape index (κ1) is 16.1. The molecule has 4 nitrogen and oxygen atoms in total. The Morgan fingerprint density at radius 2 is 2.05 bits per heavy atom. The summed E-state index contributed by atoms with van der Waals surface area (Å²) in [5.74, 6) is 0.305. The molecule has 2 rings (SSSR count). The number of aromatic nitrogens is 2. The van der Waals surface area contributed by atoms with Crippen LogP contribution in [-0.2, 0) is 6.42 Å². The number of amides is 1. The largest absolute Gasteiger partial charge is 0.352 e. The molecule has 22 heavy (non-hydrogen) atoms. The second-order valence-corrected chi connectivity index (χ2v) is 5.47. The molecule has 0 fully saturated rings. The van der Waals surface area contributed by atoms with Gasteiger partial charge in [0, 0.05) is 12.7 Å². The van der Waals surface area contributed by atoms with Crippen LogP contribution in [0.1, 0.15) is 47.2 Å². The van der Waals surface area contributed by atoms with Gasteiger partial charge in [-0.25, -0.2) is 14.4 Å². The van der Waals surface area contributed by atoms with Gasteiger partial charge in [-0.1, -0.05) is 32.0 Å². The molecule has 0 unspecified atom stereocenters. The molecule has 1 N–H and O–H groups in total. The molecule has 0 saturated carbocycles. The standard InChI is InChI=1S/C17H20FN3O/c1-11(2)16-14(10-20-12(3)21-16)17(22)19-9-8-13-6-4-5-7-15(13)18/h4-7,10-11H,8-9H2,1-3H3,(H,19,22). The van der Waals surface area contributed by atoms with E-state index in [0.29, 0.717) is 29.9 Å². The molecule has 0 saturated heterocycles. The Labute approximate surface area is 129 Å². The molecular formula is C17H20FN3O. The van der Waals surface area contributed by atoms with Crippen LogP contribution in [0.2, 0.25) is 0 Å². The molecule has 0 aliphatic carbocycles. The molecule has 0 bridgehead atoms. The minimum absolute atomic E-state index is 0.133. The topological polar surface area (TPSA) is 54.9 Å². The van der Waals surface area contributed by atoms with Gasteiger partial charge in [-0.2, -0.15) is 0 Å². The van der Waals surface area contributed by atoms with E-state index in [4.69, 9.17) is 0 Å². The van der Waals surface area contributed by atoms with Gasteiger partial charge in [0.1, 0.15) is 11.6 Å². The van der Waals surface area contributed by atoms with Crippen molar-refractivity contribution in [3.05, 3.63) is 58.9 Å². The highest BCUT2D eigenvalue weighted by molar-refractivity contribution is 5.95. The molecule has 1 aromatic carbocycles. The number of rotatable bonds is 5. The first-order valence-electron chi connectivity index (χ1n) is 7.34. The Morgan fingerprint density at radius 3 is 2.73 bits per heavy atom. The molecule has 1 heterocycles. The molecule has 1 amide bonds. The summed E-state index contributed by atoms with van der Waals surface area (Å²) in [5, 5.41) is 2.80. The SMILES string of the molecule is Cc1ncc(C(=O)NCCc2ccccc2F)c(C(C)C)n1. The summed E-state index contributed by atoms with van der Waals surface area (Å²) in [7, 11) is 0. The number of nitrogens with one attached hydrogen (secondary N) is 1. The highest BCUT2D eigenvalue weighted by atomic mass is 19.1. The minimum Gasteiger partial charge on any atom is -0.352 e. The van der Waals surface area contributed by atoms with Crippen LogP contribution in [-0.4, -0.2) is 22.4 Å². The maximum absolute atomic E-state index is 13.5. The van der Waals surface area contributed by atoms with E-state index in [-0.39, 0.29) is 17.6 Å². The number of aryl methyl sites for hydroxylation is 1. The molecule has 2 aromatic rings.